The van der Waals surface area contributed by atoms with Crippen LogP contribution in [0.25, 0.3) is 0 Å². The van der Waals surface area contributed by atoms with Crippen LogP contribution in [0.5, 0.6) is 0 Å². The summed E-state index contributed by atoms with van der Waals surface area (Å²) in [5.74, 6) is 5.27. The molecular weight excluding hydrogens is 216 g/mol. The molecule has 2 rings (SSSR count). The molecule has 92 valence electrons. The first-order chi connectivity index (χ1) is 8.22. The van der Waals surface area contributed by atoms with E-state index in [1.54, 1.807) is 0 Å². The number of carbonyl (C=O) groups is 1. The van der Waals surface area contributed by atoms with Crippen LogP contribution in [0.1, 0.15) is 28.8 Å². The molecule has 1 aromatic rings. The lowest BCUT2D eigenvalue weighted by atomic mass is 10.0. The highest BCUT2D eigenvalue weighted by Gasteiger charge is 2.24. The molecule has 1 saturated heterocycles. The van der Waals surface area contributed by atoms with E-state index >= 15 is 0 Å². The maximum Gasteiger partial charge on any atom is 0.254 e. The number of carbonyl (C=O) groups excluding carboxylic acids is 1. The molecule has 0 atom stereocenters. The summed E-state index contributed by atoms with van der Waals surface area (Å²) in [6.07, 6.45) is 1.72. The zero-order valence-corrected chi connectivity index (χ0v) is 10.1. The predicted octanol–water partition coefficient (Wildman–Crippen LogP) is 1.49. The molecule has 1 aliphatic heterocycles. The quantitative estimate of drug-likeness (QED) is 0.789. The van der Waals surface area contributed by atoms with Crippen molar-refractivity contribution in [2.24, 2.45) is 5.90 Å². The molecule has 1 fully saturated rings. The lowest BCUT2D eigenvalue weighted by Gasteiger charge is -2.31. The lowest BCUT2D eigenvalue weighted by Crippen LogP contribution is -2.41. The number of nitrogens with two attached hydrogens (primary N) is 1. The van der Waals surface area contributed by atoms with Crippen LogP contribution in [0.3, 0.4) is 0 Å². The standard InChI is InChI=1S/C13H18N2O2/c1-10-4-2-3-5-12(10)13(16)15-8-6-11(17-14)7-9-15/h2-5,11H,6-9,14H2,1H3. The van der Waals surface area contributed by atoms with Gasteiger partial charge in [-0.25, -0.2) is 5.90 Å². The van der Waals surface area contributed by atoms with Gasteiger partial charge in [0.15, 0.2) is 0 Å². The van der Waals surface area contributed by atoms with Crippen molar-refractivity contribution >= 4 is 5.91 Å². The summed E-state index contributed by atoms with van der Waals surface area (Å²) < 4.78 is 0. The zero-order valence-electron chi connectivity index (χ0n) is 10.1. The van der Waals surface area contributed by atoms with Crippen molar-refractivity contribution in [1.82, 2.24) is 4.90 Å². The molecule has 0 radical (unpaired) electrons. The molecule has 0 unspecified atom stereocenters. The normalized spacial score (nSPS) is 17.2. The van der Waals surface area contributed by atoms with Gasteiger partial charge in [0, 0.05) is 18.7 Å². The Labute approximate surface area is 101 Å². The highest BCUT2D eigenvalue weighted by molar-refractivity contribution is 5.95. The number of hydrogen-bond acceptors (Lipinski definition) is 3. The van der Waals surface area contributed by atoms with E-state index in [1.807, 2.05) is 36.1 Å². The van der Waals surface area contributed by atoms with E-state index in [9.17, 15) is 4.79 Å². The number of benzene rings is 1. The summed E-state index contributed by atoms with van der Waals surface area (Å²) in [6.45, 7) is 3.40. The molecule has 0 saturated carbocycles. The second-order valence-electron chi connectivity index (χ2n) is 4.44. The van der Waals surface area contributed by atoms with E-state index in [2.05, 4.69) is 0 Å². The molecule has 2 N–H and O–H groups in total. The third kappa shape index (κ3) is 2.65. The molecule has 0 bridgehead atoms. The summed E-state index contributed by atoms with van der Waals surface area (Å²) >= 11 is 0. The van der Waals surface area contributed by atoms with Crippen molar-refractivity contribution in [1.29, 1.82) is 0 Å². The first kappa shape index (κ1) is 12.1. The molecular formula is C13H18N2O2. The average Bonchev–Trinajstić information content (AvgIpc) is 2.39. The van der Waals surface area contributed by atoms with Crippen molar-refractivity contribution in [2.45, 2.75) is 25.9 Å². The Morgan fingerprint density at radius 3 is 2.59 bits per heavy atom. The van der Waals surface area contributed by atoms with Crippen LogP contribution in [-0.2, 0) is 4.84 Å². The number of nitrogens with zero attached hydrogens (tertiary/aromatic N) is 1. The van der Waals surface area contributed by atoms with Crippen molar-refractivity contribution in [2.75, 3.05) is 13.1 Å². The van der Waals surface area contributed by atoms with Crippen molar-refractivity contribution in [3.05, 3.63) is 35.4 Å². The number of hydrogen-bond donors (Lipinski definition) is 1. The summed E-state index contributed by atoms with van der Waals surface area (Å²) in [5.41, 5.74) is 1.81. The van der Waals surface area contributed by atoms with Gasteiger partial charge in [-0.1, -0.05) is 18.2 Å². The number of likely N-dealkylation sites (tertiary alicyclic amines) is 1. The number of rotatable bonds is 2. The fraction of sp³-hybridized carbons (Fsp3) is 0.462. The highest BCUT2D eigenvalue weighted by atomic mass is 16.6. The molecule has 1 aromatic carbocycles. The van der Waals surface area contributed by atoms with Gasteiger partial charge in [0.2, 0.25) is 0 Å². The second-order valence-corrected chi connectivity index (χ2v) is 4.44. The van der Waals surface area contributed by atoms with Crippen LogP contribution in [0, 0.1) is 6.92 Å². The Morgan fingerprint density at radius 1 is 1.35 bits per heavy atom. The SMILES string of the molecule is Cc1ccccc1C(=O)N1CCC(ON)CC1. The van der Waals surface area contributed by atoms with E-state index in [4.69, 9.17) is 10.7 Å². The number of amides is 1. The maximum absolute atomic E-state index is 12.3. The molecule has 4 nitrogen and oxygen atoms in total. The first-order valence-electron chi connectivity index (χ1n) is 5.93. The van der Waals surface area contributed by atoms with Crippen LogP contribution < -0.4 is 5.90 Å². The summed E-state index contributed by atoms with van der Waals surface area (Å²) in [4.78, 5) is 19.0. The summed E-state index contributed by atoms with van der Waals surface area (Å²) in [5, 5.41) is 0. The molecule has 0 aliphatic carbocycles. The van der Waals surface area contributed by atoms with E-state index < -0.39 is 0 Å². The van der Waals surface area contributed by atoms with Gasteiger partial charge in [-0.05, 0) is 31.4 Å². The van der Waals surface area contributed by atoms with Crippen molar-refractivity contribution in [3.63, 3.8) is 0 Å². The molecule has 0 spiro atoms. The predicted molar refractivity (Wildman–Crippen MR) is 65.4 cm³/mol. The van der Waals surface area contributed by atoms with Gasteiger partial charge >= 0.3 is 0 Å². The Morgan fingerprint density at radius 2 is 2.00 bits per heavy atom. The Balaban J connectivity index is 2.04. The molecule has 0 aromatic heterocycles. The van der Waals surface area contributed by atoms with E-state index in [0.717, 1.165) is 37.1 Å². The Kier molecular flexibility index (Phi) is 3.76. The van der Waals surface area contributed by atoms with Gasteiger partial charge in [0.1, 0.15) is 0 Å². The molecule has 1 aliphatic rings. The van der Waals surface area contributed by atoms with E-state index in [0.29, 0.717) is 0 Å². The Hall–Kier alpha value is -1.39. The fourth-order valence-corrected chi connectivity index (χ4v) is 2.18. The van der Waals surface area contributed by atoms with E-state index in [1.165, 1.54) is 0 Å². The van der Waals surface area contributed by atoms with Crippen LogP contribution in [0.4, 0.5) is 0 Å². The summed E-state index contributed by atoms with van der Waals surface area (Å²) in [6, 6.07) is 7.68. The van der Waals surface area contributed by atoms with Gasteiger partial charge in [0.05, 0.1) is 6.10 Å². The van der Waals surface area contributed by atoms with Crippen molar-refractivity contribution < 1.29 is 9.63 Å². The maximum atomic E-state index is 12.3. The van der Waals surface area contributed by atoms with Crippen LogP contribution in [0.2, 0.25) is 0 Å². The molecule has 17 heavy (non-hydrogen) atoms. The third-order valence-corrected chi connectivity index (χ3v) is 3.30. The number of aryl methyl sites for hydroxylation is 1. The highest BCUT2D eigenvalue weighted by Crippen LogP contribution is 2.17. The summed E-state index contributed by atoms with van der Waals surface area (Å²) in [7, 11) is 0. The third-order valence-electron chi connectivity index (χ3n) is 3.30. The topological polar surface area (TPSA) is 55.6 Å². The van der Waals surface area contributed by atoms with Gasteiger partial charge in [-0.3, -0.25) is 4.79 Å². The minimum atomic E-state index is 0.0934. The molecule has 1 amide bonds. The lowest BCUT2D eigenvalue weighted by molar-refractivity contribution is 0.00779. The van der Waals surface area contributed by atoms with Gasteiger partial charge in [-0.2, -0.15) is 0 Å². The minimum absolute atomic E-state index is 0.0934. The van der Waals surface area contributed by atoms with E-state index in [-0.39, 0.29) is 12.0 Å². The smallest absolute Gasteiger partial charge is 0.254 e. The van der Waals surface area contributed by atoms with Crippen LogP contribution >= 0.6 is 0 Å². The van der Waals surface area contributed by atoms with Gasteiger partial charge < -0.3 is 9.74 Å². The average molecular weight is 234 g/mol. The fourth-order valence-electron chi connectivity index (χ4n) is 2.18. The van der Waals surface area contributed by atoms with Gasteiger partial charge in [0.25, 0.3) is 5.91 Å². The second kappa shape index (κ2) is 5.29. The molecule has 4 heteroatoms. The monoisotopic (exact) mass is 234 g/mol. The zero-order chi connectivity index (χ0) is 12.3. The minimum Gasteiger partial charge on any atom is -0.338 e. The number of piperidine rings is 1. The van der Waals surface area contributed by atoms with Crippen LogP contribution in [-0.4, -0.2) is 30.0 Å². The molecule has 1 heterocycles. The first-order valence-corrected chi connectivity index (χ1v) is 5.93. The van der Waals surface area contributed by atoms with Crippen molar-refractivity contribution in [3.8, 4) is 0 Å². The van der Waals surface area contributed by atoms with Crippen LogP contribution in [0.15, 0.2) is 24.3 Å². The largest absolute Gasteiger partial charge is 0.338 e. The Bertz CT molecular complexity index is 398. The van der Waals surface area contributed by atoms with Gasteiger partial charge in [-0.15, -0.1) is 0 Å².